The number of nitro benzene ring substituents is 2. The maximum Gasteiger partial charge on any atom is 0.301 e. The summed E-state index contributed by atoms with van der Waals surface area (Å²) in [5, 5.41) is 29.5. The zero-order chi connectivity index (χ0) is 20.5. The largest absolute Gasteiger partial charge is 0.301 e. The van der Waals surface area contributed by atoms with Crippen molar-refractivity contribution in [2.75, 3.05) is 5.01 Å². The zero-order valence-corrected chi connectivity index (χ0v) is 17.0. The van der Waals surface area contributed by atoms with Crippen molar-refractivity contribution in [1.29, 1.82) is 0 Å². The predicted octanol–water partition coefficient (Wildman–Crippen LogP) is 5.87. The smallest absolute Gasteiger partial charge is 0.258 e. The Hall–Kier alpha value is -3.24. The fourth-order valence-corrected chi connectivity index (χ4v) is 4.39. The normalized spacial score (nSPS) is 12.9. The van der Waals surface area contributed by atoms with Gasteiger partial charge in [-0.1, -0.05) is 58.0 Å². The summed E-state index contributed by atoms with van der Waals surface area (Å²) in [5.41, 5.74) is 0.914. The van der Waals surface area contributed by atoms with Gasteiger partial charge in [0.15, 0.2) is 0 Å². The number of hydrazone groups is 1. The lowest BCUT2D eigenvalue weighted by molar-refractivity contribution is -0.393. The molecule has 4 rings (SSSR count). The summed E-state index contributed by atoms with van der Waals surface area (Å²) in [6, 6.07) is 18.5. The van der Waals surface area contributed by atoms with Crippen LogP contribution in [0.25, 0.3) is 0 Å². The Balaban J connectivity index is 1.92. The number of non-ortho nitro benzene ring substituents is 1. The van der Waals surface area contributed by atoms with Crippen LogP contribution >= 0.6 is 27.7 Å². The van der Waals surface area contributed by atoms with E-state index in [4.69, 9.17) is 0 Å². The Bertz CT molecular complexity index is 1170. The number of hydrogen-bond acceptors (Lipinski definition) is 7. The maximum absolute atomic E-state index is 11.7. The lowest BCUT2D eigenvalue weighted by Gasteiger charge is -2.27. The van der Waals surface area contributed by atoms with Gasteiger partial charge in [-0.25, -0.2) is 5.01 Å². The molecule has 0 aromatic heterocycles. The van der Waals surface area contributed by atoms with E-state index in [1.165, 1.54) is 28.9 Å². The molecule has 0 unspecified atom stereocenters. The molecule has 0 atom stereocenters. The van der Waals surface area contributed by atoms with Crippen molar-refractivity contribution < 1.29 is 9.85 Å². The molecule has 0 bridgehead atoms. The Morgan fingerprint density at radius 2 is 1.62 bits per heavy atom. The van der Waals surface area contributed by atoms with E-state index in [2.05, 4.69) is 21.0 Å². The fraction of sp³-hybridized carbons (Fsp3) is 0. The van der Waals surface area contributed by atoms with Crippen molar-refractivity contribution in [3.05, 3.63) is 97.0 Å². The molecule has 0 amide bonds. The SMILES string of the molecule is O=[N+]([O-])c1ccc(N2N=C(c3ccccc3)Sc3cc(Br)ccc32)c([N+](=O)[O-])c1. The van der Waals surface area contributed by atoms with E-state index in [1.54, 1.807) is 6.07 Å². The number of hydrogen-bond donors (Lipinski definition) is 0. The molecule has 0 saturated heterocycles. The minimum absolute atomic E-state index is 0.151. The van der Waals surface area contributed by atoms with Gasteiger partial charge < -0.3 is 0 Å². The van der Waals surface area contributed by atoms with Crippen molar-refractivity contribution in [3.63, 3.8) is 0 Å². The number of thioether (sulfide) groups is 1. The van der Waals surface area contributed by atoms with E-state index >= 15 is 0 Å². The number of nitro groups is 2. The summed E-state index contributed by atoms with van der Waals surface area (Å²) in [6.45, 7) is 0. The standard InChI is InChI=1S/C19H11BrN4O4S/c20-13-6-8-16-18(10-13)29-19(12-4-2-1-3-5-12)21-22(16)15-9-7-14(23(25)26)11-17(15)24(27)28/h1-11H. The topological polar surface area (TPSA) is 102 Å². The van der Waals surface area contributed by atoms with Crippen molar-refractivity contribution in [2.24, 2.45) is 5.10 Å². The first-order chi connectivity index (χ1) is 13.9. The second-order valence-corrected chi connectivity index (χ2v) is 7.93. The second kappa shape index (κ2) is 7.64. The highest BCUT2D eigenvalue weighted by molar-refractivity contribution is 9.10. The summed E-state index contributed by atoms with van der Waals surface area (Å²) < 4.78 is 0.858. The number of anilines is 2. The molecule has 29 heavy (non-hydrogen) atoms. The summed E-state index contributed by atoms with van der Waals surface area (Å²) in [4.78, 5) is 22.3. The van der Waals surface area contributed by atoms with Crippen LogP contribution in [-0.2, 0) is 0 Å². The average molecular weight is 471 g/mol. The zero-order valence-electron chi connectivity index (χ0n) is 14.6. The Labute approximate surface area is 177 Å². The summed E-state index contributed by atoms with van der Waals surface area (Å²) in [5.74, 6) is 0. The Morgan fingerprint density at radius 1 is 0.897 bits per heavy atom. The molecule has 3 aromatic carbocycles. The number of halogens is 1. The van der Waals surface area contributed by atoms with Gasteiger partial charge >= 0.3 is 5.69 Å². The third-order valence-corrected chi connectivity index (χ3v) is 5.71. The molecular weight excluding hydrogens is 460 g/mol. The number of fused-ring (bicyclic) bond motifs is 1. The van der Waals surface area contributed by atoms with Gasteiger partial charge in [-0.2, -0.15) is 5.10 Å². The van der Waals surface area contributed by atoms with Gasteiger partial charge in [0.05, 0.1) is 21.6 Å². The van der Waals surface area contributed by atoms with Crippen LogP contribution in [0.1, 0.15) is 5.56 Å². The minimum atomic E-state index is -0.660. The van der Waals surface area contributed by atoms with Crippen LogP contribution in [0.3, 0.4) is 0 Å². The van der Waals surface area contributed by atoms with E-state index < -0.39 is 15.5 Å². The van der Waals surface area contributed by atoms with Crippen LogP contribution < -0.4 is 5.01 Å². The van der Waals surface area contributed by atoms with Crippen molar-refractivity contribution in [1.82, 2.24) is 0 Å². The molecule has 10 heteroatoms. The highest BCUT2D eigenvalue weighted by Gasteiger charge is 2.29. The quantitative estimate of drug-likeness (QED) is 0.348. The number of rotatable bonds is 4. The van der Waals surface area contributed by atoms with Crippen LogP contribution in [0.2, 0.25) is 0 Å². The molecule has 8 nitrogen and oxygen atoms in total. The minimum Gasteiger partial charge on any atom is -0.258 e. The number of benzene rings is 3. The van der Waals surface area contributed by atoms with Crippen LogP contribution in [0.4, 0.5) is 22.7 Å². The van der Waals surface area contributed by atoms with Gasteiger partial charge in [-0.15, -0.1) is 0 Å². The maximum atomic E-state index is 11.7. The molecule has 0 radical (unpaired) electrons. The van der Waals surface area contributed by atoms with Crippen molar-refractivity contribution in [2.45, 2.75) is 4.90 Å². The first-order valence-corrected chi connectivity index (χ1v) is 9.89. The lowest BCUT2D eigenvalue weighted by Crippen LogP contribution is -2.18. The average Bonchev–Trinajstić information content (AvgIpc) is 2.72. The molecule has 0 fully saturated rings. The molecule has 0 saturated carbocycles. The van der Waals surface area contributed by atoms with E-state index in [-0.39, 0.29) is 11.4 Å². The molecule has 1 aliphatic heterocycles. The summed E-state index contributed by atoms with van der Waals surface area (Å²) in [7, 11) is 0. The lowest BCUT2D eigenvalue weighted by atomic mass is 10.2. The molecule has 0 N–H and O–H groups in total. The van der Waals surface area contributed by atoms with Crippen LogP contribution in [0, 0.1) is 20.2 Å². The van der Waals surface area contributed by atoms with Crippen molar-refractivity contribution in [3.8, 4) is 0 Å². The first-order valence-electron chi connectivity index (χ1n) is 8.28. The molecular formula is C19H11BrN4O4S. The van der Waals surface area contributed by atoms with Crippen molar-refractivity contribution >= 4 is 55.5 Å². The molecule has 0 spiro atoms. The summed E-state index contributed by atoms with van der Waals surface area (Å²) in [6.07, 6.45) is 0. The highest BCUT2D eigenvalue weighted by atomic mass is 79.9. The molecule has 1 aliphatic rings. The Kier molecular flexibility index (Phi) is 5.03. The predicted molar refractivity (Wildman–Crippen MR) is 115 cm³/mol. The highest BCUT2D eigenvalue weighted by Crippen LogP contribution is 2.45. The third kappa shape index (κ3) is 3.71. The van der Waals surface area contributed by atoms with Gasteiger partial charge in [0, 0.05) is 21.0 Å². The first kappa shape index (κ1) is 19.1. The Morgan fingerprint density at radius 3 is 2.31 bits per heavy atom. The van der Waals surface area contributed by atoms with Crippen LogP contribution in [0.15, 0.2) is 81.2 Å². The molecule has 1 heterocycles. The van der Waals surface area contributed by atoms with Gasteiger partial charge in [-0.3, -0.25) is 20.2 Å². The number of nitrogens with zero attached hydrogens (tertiary/aromatic N) is 4. The van der Waals surface area contributed by atoms with E-state index in [1.807, 2.05) is 42.5 Å². The molecule has 0 aliphatic carbocycles. The van der Waals surface area contributed by atoms with Gasteiger partial charge in [0.1, 0.15) is 10.7 Å². The van der Waals surface area contributed by atoms with E-state index in [0.29, 0.717) is 10.7 Å². The third-order valence-electron chi connectivity index (χ3n) is 4.16. The van der Waals surface area contributed by atoms with Gasteiger partial charge in [0.2, 0.25) is 0 Å². The van der Waals surface area contributed by atoms with Crippen LogP contribution in [0.5, 0.6) is 0 Å². The van der Waals surface area contributed by atoms with Crippen LogP contribution in [-0.4, -0.2) is 14.9 Å². The fourth-order valence-electron chi connectivity index (χ4n) is 2.85. The monoisotopic (exact) mass is 470 g/mol. The van der Waals surface area contributed by atoms with E-state index in [0.717, 1.165) is 21.0 Å². The van der Waals surface area contributed by atoms with E-state index in [9.17, 15) is 20.2 Å². The second-order valence-electron chi connectivity index (χ2n) is 5.98. The van der Waals surface area contributed by atoms with Gasteiger partial charge in [-0.05, 0) is 24.3 Å². The molecule has 3 aromatic rings. The van der Waals surface area contributed by atoms with Gasteiger partial charge in [0.25, 0.3) is 5.69 Å². The molecule has 144 valence electrons. The summed E-state index contributed by atoms with van der Waals surface area (Å²) >= 11 is 4.90.